The van der Waals surface area contributed by atoms with Crippen LogP contribution in [0, 0.1) is 0 Å². The van der Waals surface area contributed by atoms with Crippen molar-refractivity contribution in [1.29, 1.82) is 0 Å². The SMILES string of the molecule is OC1O[C@H](CI)[C@H](OCc2ccccc2)[C@H]1OCc1ccccc1. The molecule has 1 aliphatic heterocycles. The summed E-state index contributed by atoms with van der Waals surface area (Å²) in [7, 11) is 0. The molecule has 1 saturated heterocycles. The molecule has 2 aromatic rings. The minimum atomic E-state index is -0.964. The maximum absolute atomic E-state index is 10.2. The lowest BCUT2D eigenvalue weighted by molar-refractivity contribution is -0.147. The van der Waals surface area contributed by atoms with Gasteiger partial charge in [-0.15, -0.1) is 0 Å². The lowest BCUT2D eigenvalue weighted by Crippen LogP contribution is -2.38. The molecule has 0 aliphatic carbocycles. The molecule has 5 heteroatoms. The smallest absolute Gasteiger partial charge is 0.184 e. The van der Waals surface area contributed by atoms with Gasteiger partial charge in [0.05, 0.1) is 19.3 Å². The molecule has 2 aromatic carbocycles. The summed E-state index contributed by atoms with van der Waals surface area (Å²) in [5.74, 6) is 0. The molecule has 0 bridgehead atoms. The Morgan fingerprint density at radius 3 is 1.83 bits per heavy atom. The highest BCUT2D eigenvalue weighted by Crippen LogP contribution is 2.28. The van der Waals surface area contributed by atoms with E-state index in [1.165, 1.54) is 0 Å². The lowest BCUT2D eigenvalue weighted by Gasteiger charge is -2.23. The Balaban J connectivity index is 1.63. The molecule has 4 nitrogen and oxygen atoms in total. The van der Waals surface area contributed by atoms with Gasteiger partial charge in [-0.2, -0.15) is 0 Å². The average molecular weight is 440 g/mol. The van der Waals surface area contributed by atoms with E-state index in [4.69, 9.17) is 14.2 Å². The quantitative estimate of drug-likeness (QED) is 0.531. The molecular weight excluding hydrogens is 419 g/mol. The van der Waals surface area contributed by atoms with Gasteiger partial charge in [-0.05, 0) is 11.1 Å². The summed E-state index contributed by atoms with van der Waals surface area (Å²) in [6, 6.07) is 19.9. The molecule has 0 spiro atoms. The average Bonchev–Trinajstić information content (AvgIpc) is 2.94. The molecular formula is C19H21IO4. The summed E-state index contributed by atoms with van der Waals surface area (Å²) < 4.78 is 18.3. The molecule has 1 aliphatic rings. The topological polar surface area (TPSA) is 47.9 Å². The Morgan fingerprint density at radius 1 is 0.833 bits per heavy atom. The molecule has 0 saturated carbocycles. The van der Waals surface area contributed by atoms with Crippen LogP contribution < -0.4 is 0 Å². The minimum Gasteiger partial charge on any atom is -0.368 e. The molecule has 1 unspecified atom stereocenters. The van der Waals surface area contributed by atoms with Gasteiger partial charge in [-0.1, -0.05) is 83.3 Å². The van der Waals surface area contributed by atoms with Gasteiger partial charge in [0.1, 0.15) is 12.2 Å². The highest BCUT2D eigenvalue weighted by Gasteiger charge is 2.45. The lowest BCUT2D eigenvalue weighted by atomic mass is 10.1. The third-order valence-corrected chi connectivity index (χ3v) is 4.88. The van der Waals surface area contributed by atoms with E-state index in [0.29, 0.717) is 13.2 Å². The van der Waals surface area contributed by atoms with Gasteiger partial charge in [0.15, 0.2) is 6.29 Å². The summed E-state index contributed by atoms with van der Waals surface area (Å²) in [6.07, 6.45) is -1.92. The second kappa shape index (κ2) is 8.92. The summed E-state index contributed by atoms with van der Waals surface area (Å²) in [6.45, 7) is 0.894. The van der Waals surface area contributed by atoms with Crippen LogP contribution in [0.2, 0.25) is 0 Å². The van der Waals surface area contributed by atoms with Crippen molar-refractivity contribution in [3.63, 3.8) is 0 Å². The molecule has 128 valence electrons. The zero-order chi connectivity index (χ0) is 16.8. The predicted molar refractivity (Wildman–Crippen MR) is 99.8 cm³/mol. The third-order valence-electron chi connectivity index (χ3n) is 4.01. The van der Waals surface area contributed by atoms with Crippen molar-refractivity contribution in [1.82, 2.24) is 0 Å². The highest BCUT2D eigenvalue weighted by molar-refractivity contribution is 14.1. The van der Waals surface area contributed by atoms with Crippen molar-refractivity contribution < 1.29 is 19.3 Å². The summed E-state index contributed by atoms with van der Waals surface area (Å²) in [4.78, 5) is 0. The predicted octanol–water partition coefficient (Wildman–Crippen LogP) is 3.31. The van der Waals surface area contributed by atoms with Crippen LogP contribution >= 0.6 is 22.6 Å². The van der Waals surface area contributed by atoms with Gasteiger partial charge in [0.25, 0.3) is 0 Å². The molecule has 0 radical (unpaired) electrons. The van der Waals surface area contributed by atoms with Crippen LogP contribution in [0.3, 0.4) is 0 Å². The fourth-order valence-corrected chi connectivity index (χ4v) is 3.45. The Morgan fingerprint density at radius 2 is 1.33 bits per heavy atom. The maximum atomic E-state index is 10.2. The van der Waals surface area contributed by atoms with Crippen LogP contribution in [0.15, 0.2) is 60.7 Å². The van der Waals surface area contributed by atoms with Crippen molar-refractivity contribution in [2.45, 2.75) is 37.8 Å². The third kappa shape index (κ3) is 4.55. The normalized spacial score (nSPS) is 26.6. The fraction of sp³-hybridized carbons (Fsp3) is 0.368. The van der Waals surface area contributed by atoms with Crippen molar-refractivity contribution in [3.8, 4) is 0 Å². The van der Waals surface area contributed by atoms with E-state index in [-0.39, 0.29) is 12.2 Å². The Hall–Kier alpha value is -0.990. The Labute approximate surface area is 155 Å². The number of aliphatic hydroxyl groups excluding tert-OH is 1. The maximum Gasteiger partial charge on any atom is 0.184 e. The first-order valence-corrected chi connectivity index (χ1v) is 9.51. The van der Waals surface area contributed by atoms with Crippen LogP contribution in [-0.2, 0) is 27.4 Å². The summed E-state index contributed by atoms with van der Waals surface area (Å²) in [5.41, 5.74) is 2.15. The van der Waals surface area contributed by atoms with Crippen molar-refractivity contribution in [3.05, 3.63) is 71.8 Å². The van der Waals surface area contributed by atoms with Gasteiger partial charge in [0.2, 0.25) is 0 Å². The van der Waals surface area contributed by atoms with E-state index >= 15 is 0 Å². The second-order valence-electron chi connectivity index (χ2n) is 5.74. The van der Waals surface area contributed by atoms with Gasteiger partial charge in [0, 0.05) is 4.43 Å². The first-order valence-electron chi connectivity index (χ1n) is 7.98. The molecule has 1 fully saturated rings. The second-order valence-corrected chi connectivity index (χ2v) is 6.62. The summed E-state index contributed by atoms with van der Waals surface area (Å²) >= 11 is 2.25. The number of ether oxygens (including phenoxy) is 3. The van der Waals surface area contributed by atoms with Gasteiger partial charge < -0.3 is 19.3 Å². The molecule has 4 atom stereocenters. The van der Waals surface area contributed by atoms with Crippen LogP contribution in [-0.4, -0.2) is 34.1 Å². The Bertz CT molecular complexity index is 607. The van der Waals surface area contributed by atoms with Crippen LogP contribution in [0.5, 0.6) is 0 Å². The molecule has 3 rings (SSSR count). The van der Waals surface area contributed by atoms with Crippen LogP contribution in [0.1, 0.15) is 11.1 Å². The Kier molecular flexibility index (Phi) is 6.62. The van der Waals surface area contributed by atoms with Gasteiger partial charge in [-0.25, -0.2) is 0 Å². The largest absolute Gasteiger partial charge is 0.368 e. The minimum absolute atomic E-state index is 0.176. The monoisotopic (exact) mass is 440 g/mol. The van der Waals surface area contributed by atoms with E-state index in [2.05, 4.69) is 22.6 Å². The number of rotatable bonds is 7. The highest BCUT2D eigenvalue weighted by atomic mass is 127. The number of hydrogen-bond acceptors (Lipinski definition) is 4. The number of aliphatic hydroxyl groups is 1. The number of benzene rings is 2. The van der Waals surface area contributed by atoms with Crippen LogP contribution in [0.25, 0.3) is 0 Å². The summed E-state index contributed by atoms with van der Waals surface area (Å²) in [5, 5.41) is 10.2. The molecule has 0 amide bonds. The van der Waals surface area contributed by atoms with Gasteiger partial charge in [-0.3, -0.25) is 0 Å². The van der Waals surface area contributed by atoms with Crippen molar-refractivity contribution in [2.24, 2.45) is 0 Å². The van der Waals surface area contributed by atoms with Crippen LogP contribution in [0.4, 0.5) is 0 Å². The van der Waals surface area contributed by atoms with Gasteiger partial charge >= 0.3 is 0 Å². The first kappa shape index (κ1) is 17.8. The van der Waals surface area contributed by atoms with E-state index in [1.807, 2.05) is 60.7 Å². The standard InChI is InChI=1S/C19H21IO4/c20-11-16-17(22-12-14-7-3-1-4-8-14)18(19(21)24-16)23-13-15-9-5-2-6-10-15/h1-10,16-19,21H,11-13H2/t16-,17+,18-,19?/m1/s1. The van der Waals surface area contributed by atoms with Crippen molar-refractivity contribution >= 4 is 22.6 Å². The van der Waals surface area contributed by atoms with E-state index in [1.54, 1.807) is 0 Å². The van der Waals surface area contributed by atoms with E-state index in [0.717, 1.165) is 15.6 Å². The first-order chi connectivity index (χ1) is 11.8. The molecule has 1 N–H and O–H groups in total. The molecule has 0 aromatic heterocycles. The molecule has 1 heterocycles. The van der Waals surface area contributed by atoms with E-state index < -0.39 is 12.4 Å². The fourth-order valence-electron chi connectivity index (χ4n) is 2.74. The number of hydrogen-bond donors (Lipinski definition) is 1. The number of alkyl halides is 1. The zero-order valence-electron chi connectivity index (χ0n) is 13.3. The number of halogens is 1. The molecule has 24 heavy (non-hydrogen) atoms. The zero-order valence-corrected chi connectivity index (χ0v) is 15.4. The van der Waals surface area contributed by atoms with Crippen molar-refractivity contribution in [2.75, 3.05) is 4.43 Å². The van der Waals surface area contributed by atoms with E-state index in [9.17, 15) is 5.11 Å².